The van der Waals surface area contributed by atoms with Crippen molar-refractivity contribution in [2.75, 3.05) is 13.1 Å². The quantitative estimate of drug-likeness (QED) is 0.649. The van der Waals surface area contributed by atoms with Gasteiger partial charge in [-0.05, 0) is 12.8 Å². The summed E-state index contributed by atoms with van der Waals surface area (Å²) < 4.78 is 0. The number of rotatable bonds is 2. The van der Waals surface area contributed by atoms with E-state index < -0.39 is 0 Å². The highest BCUT2D eigenvalue weighted by Gasteiger charge is 2.27. The number of nitrogens with one attached hydrogen (secondary N) is 1. The van der Waals surface area contributed by atoms with Gasteiger partial charge in [0.1, 0.15) is 5.78 Å². The molecule has 1 rings (SSSR count). The van der Waals surface area contributed by atoms with Gasteiger partial charge < -0.3 is 5.32 Å². The van der Waals surface area contributed by atoms with Crippen molar-refractivity contribution in [3.8, 4) is 0 Å². The molecule has 0 amide bonds. The normalized spacial score (nSPS) is 32.4. The molecule has 0 aromatic rings. The molecule has 0 aliphatic carbocycles. The molecule has 0 spiro atoms. The predicted molar refractivity (Wildman–Crippen MR) is 45.4 cm³/mol. The average Bonchev–Trinajstić information content (AvgIpc) is 2.05. The molecule has 1 aliphatic rings. The third kappa shape index (κ3) is 1.80. The van der Waals surface area contributed by atoms with Gasteiger partial charge in [0, 0.05) is 24.9 Å². The lowest BCUT2D eigenvalue weighted by Gasteiger charge is -2.27. The zero-order chi connectivity index (χ0) is 8.27. The van der Waals surface area contributed by atoms with Crippen LogP contribution >= 0.6 is 0 Å². The highest BCUT2D eigenvalue weighted by molar-refractivity contribution is 5.84. The van der Waals surface area contributed by atoms with Crippen LogP contribution in [0.3, 0.4) is 0 Å². The van der Waals surface area contributed by atoms with Crippen molar-refractivity contribution in [2.45, 2.75) is 26.7 Å². The summed E-state index contributed by atoms with van der Waals surface area (Å²) >= 11 is 0. The molecule has 0 radical (unpaired) electrons. The van der Waals surface area contributed by atoms with E-state index >= 15 is 0 Å². The van der Waals surface area contributed by atoms with Crippen LogP contribution in [0.4, 0.5) is 0 Å². The Morgan fingerprint density at radius 3 is 2.09 bits per heavy atom. The summed E-state index contributed by atoms with van der Waals surface area (Å²) in [5.74, 6) is 1.05. The van der Waals surface area contributed by atoms with Gasteiger partial charge in [-0.2, -0.15) is 0 Å². The van der Waals surface area contributed by atoms with E-state index in [1.54, 1.807) is 0 Å². The van der Waals surface area contributed by atoms with Crippen molar-refractivity contribution >= 4 is 5.78 Å². The topological polar surface area (TPSA) is 29.1 Å². The van der Waals surface area contributed by atoms with E-state index in [9.17, 15) is 4.79 Å². The van der Waals surface area contributed by atoms with Gasteiger partial charge in [-0.3, -0.25) is 4.79 Å². The fourth-order valence-electron chi connectivity index (χ4n) is 1.66. The van der Waals surface area contributed by atoms with Gasteiger partial charge in [0.25, 0.3) is 0 Å². The maximum Gasteiger partial charge on any atom is 0.141 e. The SMILES string of the molecule is CCC1CNCC(CC)C1=O. The first-order valence-electron chi connectivity index (χ1n) is 4.54. The van der Waals surface area contributed by atoms with Crippen LogP contribution < -0.4 is 5.32 Å². The molecule has 2 heteroatoms. The molecule has 1 N–H and O–H groups in total. The third-order valence-corrected chi connectivity index (χ3v) is 2.57. The summed E-state index contributed by atoms with van der Waals surface area (Å²) in [6, 6.07) is 0. The van der Waals surface area contributed by atoms with Crippen molar-refractivity contribution in [1.82, 2.24) is 5.32 Å². The first-order chi connectivity index (χ1) is 5.29. The van der Waals surface area contributed by atoms with Crippen molar-refractivity contribution in [3.63, 3.8) is 0 Å². The van der Waals surface area contributed by atoms with E-state index in [0.717, 1.165) is 25.9 Å². The van der Waals surface area contributed by atoms with Crippen molar-refractivity contribution in [2.24, 2.45) is 11.8 Å². The Morgan fingerprint density at radius 1 is 1.27 bits per heavy atom. The number of hydrogen-bond acceptors (Lipinski definition) is 2. The van der Waals surface area contributed by atoms with Crippen molar-refractivity contribution in [1.29, 1.82) is 0 Å². The molecule has 11 heavy (non-hydrogen) atoms. The van der Waals surface area contributed by atoms with Crippen molar-refractivity contribution < 1.29 is 4.79 Å². The fraction of sp³-hybridized carbons (Fsp3) is 0.889. The molecule has 1 aliphatic heterocycles. The Balaban J connectivity index is 2.52. The highest BCUT2D eigenvalue weighted by Crippen LogP contribution is 2.17. The van der Waals surface area contributed by atoms with E-state index in [4.69, 9.17) is 0 Å². The molecular formula is C9H17NO. The second kappa shape index (κ2) is 3.86. The molecule has 2 unspecified atom stereocenters. The molecule has 1 fully saturated rings. The Hall–Kier alpha value is -0.370. The highest BCUT2D eigenvalue weighted by atomic mass is 16.1. The van der Waals surface area contributed by atoms with Gasteiger partial charge in [-0.1, -0.05) is 13.8 Å². The van der Waals surface area contributed by atoms with Crippen LogP contribution in [0, 0.1) is 11.8 Å². The van der Waals surface area contributed by atoms with Crippen LogP contribution in [-0.4, -0.2) is 18.9 Å². The number of carbonyl (C=O) groups excluding carboxylic acids is 1. The van der Waals surface area contributed by atoms with Gasteiger partial charge in [0.05, 0.1) is 0 Å². The number of piperidine rings is 1. The number of carbonyl (C=O) groups is 1. The van der Waals surface area contributed by atoms with Crippen LogP contribution in [0.1, 0.15) is 26.7 Å². The van der Waals surface area contributed by atoms with Crippen LogP contribution in [0.2, 0.25) is 0 Å². The molecule has 0 aromatic carbocycles. The van der Waals surface area contributed by atoms with Gasteiger partial charge in [-0.15, -0.1) is 0 Å². The number of ketones is 1. The molecule has 0 saturated carbocycles. The van der Waals surface area contributed by atoms with Crippen LogP contribution in [0.5, 0.6) is 0 Å². The van der Waals surface area contributed by atoms with Crippen LogP contribution in [0.25, 0.3) is 0 Å². The molecule has 64 valence electrons. The summed E-state index contributed by atoms with van der Waals surface area (Å²) in [4.78, 5) is 11.5. The standard InChI is InChI=1S/C9H17NO/c1-3-7-5-10-6-8(4-2)9(7)11/h7-8,10H,3-6H2,1-2H3. The maximum atomic E-state index is 11.5. The molecule has 0 bridgehead atoms. The molecule has 0 aromatic heterocycles. The first kappa shape index (κ1) is 8.72. The smallest absolute Gasteiger partial charge is 0.141 e. The van der Waals surface area contributed by atoms with Gasteiger partial charge in [-0.25, -0.2) is 0 Å². The number of Topliss-reactive ketones (excluding diaryl/α,β-unsaturated/α-hetero) is 1. The maximum absolute atomic E-state index is 11.5. The molecule has 1 heterocycles. The Kier molecular flexibility index (Phi) is 3.06. The largest absolute Gasteiger partial charge is 0.315 e. The number of hydrogen-bond donors (Lipinski definition) is 1. The second-order valence-corrected chi connectivity index (χ2v) is 3.27. The summed E-state index contributed by atoms with van der Waals surface area (Å²) in [7, 11) is 0. The third-order valence-electron chi connectivity index (χ3n) is 2.57. The predicted octanol–water partition coefficient (Wildman–Crippen LogP) is 1.21. The lowest BCUT2D eigenvalue weighted by molar-refractivity contribution is -0.128. The Morgan fingerprint density at radius 2 is 1.73 bits per heavy atom. The van der Waals surface area contributed by atoms with Crippen LogP contribution in [-0.2, 0) is 4.79 Å². The first-order valence-corrected chi connectivity index (χ1v) is 4.54. The van der Waals surface area contributed by atoms with Gasteiger partial charge >= 0.3 is 0 Å². The molecule has 1 saturated heterocycles. The monoisotopic (exact) mass is 155 g/mol. The molecule has 2 nitrogen and oxygen atoms in total. The lowest BCUT2D eigenvalue weighted by atomic mass is 9.86. The van der Waals surface area contributed by atoms with Crippen LogP contribution in [0.15, 0.2) is 0 Å². The molecular weight excluding hydrogens is 138 g/mol. The van der Waals surface area contributed by atoms with E-state index in [0.29, 0.717) is 5.78 Å². The zero-order valence-corrected chi connectivity index (χ0v) is 7.39. The lowest BCUT2D eigenvalue weighted by Crippen LogP contribution is -2.43. The summed E-state index contributed by atoms with van der Waals surface area (Å²) in [6.07, 6.45) is 1.98. The summed E-state index contributed by atoms with van der Waals surface area (Å²) in [5, 5.41) is 3.30. The minimum atomic E-state index is 0.286. The van der Waals surface area contributed by atoms with E-state index in [1.165, 1.54) is 0 Å². The average molecular weight is 155 g/mol. The Bertz CT molecular complexity index is 130. The zero-order valence-electron chi connectivity index (χ0n) is 7.39. The second-order valence-electron chi connectivity index (χ2n) is 3.27. The Labute approximate surface area is 68.4 Å². The van der Waals surface area contributed by atoms with Crippen molar-refractivity contribution in [3.05, 3.63) is 0 Å². The van der Waals surface area contributed by atoms with Gasteiger partial charge in [0.15, 0.2) is 0 Å². The minimum Gasteiger partial charge on any atom is -0.315 e. The summed E-state index contributed by atoms with van der Waals surface area (Å²) in [5.41, 5.74) is 0. The van der Waals surface area contributed by atoms with E-state index in [1.807, 2.05) is 0 Å². The fourth-order valence-corrected chi connectivity index (χ4v) is 1.66. The summed E-state index contributed by atoms with van der Waals surface area (Å²) in [6.45, 7) is 5.96. The van der Waals surface area contributed by atoms with Gasteiger partial charge in [0.2, 0.25) is 0 Å². The molecule has 2 atom stereocenters. The minimum absolute atomic E-state index is 0.286. The van der Waals surface area contributed by atoms with E-state index in [-0.39, 0.29) is 11.8 Å². The van der Waals surface area contributed by atoms with E-state index in [2.05, 4.69) is 19.2 Å².